The molecule has 19 heteroatoms. The highest BCUT2D eigenvalue weighted by atomic mass is 16.8. The average molecular weight is 1460 g/mol. The van der Waals surface area contributed by atoms with Gasteiger partial charge in [0.1, 0.15) is 73.2 Å². The zero-order valence-corrected chi connectivity index (χ0v) is 64.6. The van der Waals surface area contributed by atoms with Crippen molar-refractivity contribution in [3.63, 3.8) is 0 Å². The Balaban J connectivity index is 1.33. The van der Waals surface area contributed by atoms with Crippen molar-refractivity contribution in [2.75, 3.05) is 26.4 Å². The number of allylic oxidation sites excluding steroid dienone is 3. The summed E-state index contributed by atoms with van der Waals surface area (Å²) in [6, 6.07) is -0.988. The number of carbonyl (C=O) groups excluding carboxylic acids is 1. The smallest absolute Gasteiger partial charge is 0.220 e. The standard InChI is InChI=1S/C83H157NO18/c1-3-5-7-9-11-13-15-17-19-21-23-25-26-27-28-29-30-31-32-33-34-35-36-37-38-39-41-43-45-47-49-51-53-55-57-59-61-71(89)84-66(67(88)60-58-56-54-52-50-48-46-44-42-40-24-22-20-18-16-14-12-10-8-6-4-2)65-97-81-77(95)74(92)79(69(63-86)99-81)102-83-78(96)75(93)80(70(64-87)100-83)101-82-76(94)73(91)72(90)68(62-85)98-82/h50,52,58,60,66-70,72-83,85-88,90-96H,3-49,51,53-57,59,61-65H2,1-2H3,(H,84,89)/b52-50+,60-58+. The fourth-order valence-electron chi connectivity index (χ4n) is 14.7. The molecule has 602 valence electrons. The molecule has 3 heterocycles. The Morgan fingerprint density at radius 1 is 0.343 bits per heavy atom. The van der Waals surface area contributed by atoms with E-state index in [0.29, 0.717) is 12.8 Å². The van der Waals surface area contributed by atoms with E-state index in [2.05, 4.69) is 31.3 Å². The van der Waals surface area contributed by atoms with Gasteiger partial charge in [-0.2, -0.15) is 0 Å². The van der Waals surface area contributed by atoms with Gasteiger partial charge in [-0.05, 0) is 32.1 Å². The number of carbonyl (C=O) groups is 1. The molecule has 0 spiro atoms. The molecule has 0 radical (unpaired) electrons. The van der Waals surface area contributed by atoms with Crippen LogP contribution in [-0.4, -0.2) is 193 Å². The lowest BCUT2D eigenvalue weighted by atomic mass is 9.96. The predicted molar refractivity (Wildman–Crippen MR) is 406 cm³/mol. The lowest BCUT2D eigenvalue weighted by molar-refractivity contribution is -0.379. The summed E-state index contributed by atoms with van der Waals surface area (Å²) < 4.78 is 34.5. The molecule has 0 aromatic rings. The van der Waals surface area contributed by atoms with E-state index in [1.807, 2.05) is 6.08 Å². The number of unbranched alkanes of at least 4 members (excludes halogenated alkanes) is 51. The Morgan fingerprint density at radius 3 is 0.980 bits per heavy atom. The van der Waals surface area contributed by atoms with E-state index in [9.17, 15) is 61.0 Å². The molecule has 0 aromatic carbocycles. The number of aliphatic hydroxyl groups excluding tert-OH is 11. The van der Waals surface area contributed by atoms with Crippen LogP contribution in [0.3, 0.4) is 0 Å². The van der Waals surface area contributed by atoms with Crippen LogP contribution in [0.4, 0.5) is 0 Å². The van der Waals surface area contributed by atoms with Crippen molar-refractivity contribution in [3.8, 4) is 0 Å². The highest BCUT2D eigenvalue weighted by Crippen LogP contribution is 2.33. The Labute approximate surface area is 619 Å². The number of aliphatic hydroxyl groups is 11. The molecule has 3 aliphatic heterocycles. The Hall–Kier alpha value is -1.73. The normalized spacial score (nSPS) is 26.2. The van der Waals surface area contributed by atoms with Crippen LogP contribution < -0.4 is 5.32 Å². The van der Waals surface area contributed by atoms with Crippen molar-refractivity contribution in [1.82, 2.24) is 5.32 Å². The highest BCUT2D eigenvalue weighted by Gasteiger charge is 2.54. The predicted octanol–water partition coefficient (Wildman–Crippen LogP) is 14.9. The van der Waals surface area contributed by atoms with Gasteiger partial charge in [0.15, 0.2) is 18.9 Å². The van der Waals surface area contributed by atoms with Gasteiger partial charge in [-0.3, -0.25) is 4.79 Å². The molecule has 19 nitrogen and oxygen atoms in total. The van der Waals surface area contributed by atoms with Crippen molar-refractivity contribution in [1.29, 1.82) is 0 Å². The van der Waals surface area contributed by atoms with E-state index < -0.39 is 124 Å². The minimum Gasteiger partial charge on any atom is -0.394 e. The molecule has 0 saturated carbocycles. The van der Waals surface area contributed by atoms with Crippen molar-refractivity contribution < 1.29 is 89.4 Å². The Morgan fingerprint density at radius 2 is 0.627 bits per heavy atom. The summed E-state index contributed by atoms with van der Waals surface area (Å²) in [6.07, 6.45) is 52.0. The van der Waals surface area contributed by atoms with Crippen LogP contribution in [0.2, 0.25) is 0 Å². The quantitative estimate of drug-likeness (QED) is 0.0199. The van der Waals surface area contributed by atoms with E-state index >= 15 is 0 Å². The van der Waals surface area contributed by atoms with Crippen LogP contribution in [0.1, 0.15) is 367 Å². The first kappa shape index (κ1) is 94.5. The average Bonchev–Trinajstić information content (AvgIpc) is 0.779. The molecule has 12 N–H and O–H groups in total. The van der Waals surface area contributed by atoms with Gasteiger partial charge < -0.3 is 89.9 Å². The third-order valence-corrected chi connectivity index (χ3v) is 21.5. The molecule has 3 saturated heterocycles. The first-order valence-electron chi connectivity index (χ1n) is 42.6. The van der Waals surface area contributed by atoms with Crippen LogP contribution in [0, 0.1) is 0 Å². The van der Waals surface area contributed by atoms with Crippen molar-refractivity contribution in [2.45, 2.75) is 471 Å². The molecule has 0 bridgehead atoms. The van der Waals surface area contributed by atoms with Crippen molar-refractivity contribution >= 4 is 5.91 Å². The van der Waals surface area contributed by atoms with E-state index in [0.717, 1.165) is 38.5 Å². The summed E-state index contributed by atoms with van der Waals surface area (Å²) in [5.74, 6) is -0.277. The summed E-state index contributed by atoms with van der Waals surface area (Å²) >= 11 is 0. The van der Waals surface area contributed by atoms with Gasteiger partial charge in [0.05, 0.1) is 38.6 Å². The molecule has 17 atom stereocenters. The molecule has 3 fully saturated rings. The zero-order valence-electron chi connectivity index (χ0n) is 64.6. The summed E-state index contributed by atoms with van der Waals surface area (Å²) in [5, 5.41) is 121. The first-order chi connectivity index (χ1) is 49.8. The van der Waals surface area contributed by atoms with E-state index in [1.165, 1.54) is 295 Å². The first-order valence-corrected chi connectivity index (χ1v) is 42.6. The minimum absolute atomic E-state index is 0.241. The van der Waals surface area contributed by atoms with Gasteiger partial charge >= 0.3 is 0 Å². The van der Waals surface area contributed by atoms with Gasteiger partial charge in [-0.1, -0.05) is 353 Å². The van der Waals surface area contributed by atoms with Gasteiger partial charge in [-0.15, -0.1) is 0 Å². The molecule has 1 amide bonds. The van der Waals surface area contributed by atoms with Gasteiger partial charge in [0.2, 0.25) is 5.91 Å². The SMILES string of the molecule is CCCCCCCCCCCCCCCCC/C=C/CC/C=C/C(O)C(COC1OC(CO)C(OC2OC(CO)C(OC3OC(CO)C(O)C(O)C3O)C(O)C2O)C(O)C1O)NC(=O)CCCCCCCCCCCCCCCCCCCCCCCCCCCCCCCCCCCCCC. The molecular weight excluding hydrogens is 1300 g/mol. The maximum Gasteiger partial charge on any atom is 0.220 e. The van der Waals surface area contributed by atoms with Crippen LogP contribution in [0.25, 0.3) is 0 Å². The van der Waals surface area contributed by atoms with Crippen molar-refractivity contribution in [2.24, 2.45) is 0 Å². The summed E-state index contributed by atoms with van der Waals surface area (Å²) in [5.41, 5.74) is 0. The maximum atomic E-state index is 13.5. The zero-order chi connectivity index (χ0) is 73.9. The Kier molecular flexibility index (Phi) is 59.4. The molecule has 102 heavy (non-hydrogen) atoms. The number of hydrogen-bond acceptors (Lipinski definition) is 18. The molecule has 17 unspecified atom stereocenters. The van der Waals surface area contributed by atoms with Crippen LogP contribution in [0.15, 0.2) is 24.3 Å². The van der Waals surface area contributed by atoms with E-state index in [4.69, 9.17) is 28.4 Å². The van der Waals surface area contributed by atoms with Crippen LogP contribution >= 0.6 is 0 Å². The monoisotopic (exact) mass is 1460 g/mol. The molecule has 0 aromatic heterocycles. The molecule has 3 aliphatic rings. The molecule has 3 rings (SSSR count). The van der Waals surface area contributed by atoms with Crippen LogP contribution in [0.5, 0.6) is 0 Å². The largest absolute Gasteiger partial charge is 0.394 e. The molecule has 0 aliphatic carbocycles. The lowest BCUT2D eigenvalue weighted by Crippen LogP contribution is -2.66. The number of nitrogens with one attached hydrogen (secondary N) is 1. The third kappa shape index (κ3) is 43.5. The van der Waals surface area contributed by atoms with Gasteiger partial charge in [0.25, 0.3) is 0 Å². The van der Waals surface area contributed by atoms with Gasteiger partial charge in [0, 0.05) is 6.42 Å². The topological polar surface area (TPSA) is 307 Å². The third-order valence-electron chi connectivity index (χ3n) is 21.5. The second-order valence-electron chi connectivity index (χ2n) is 30.6. The summed E-state index contributed by atoms with van der Waals surface area (Å²) in [6.45, 7) is 1.78. The van der Waals surface area contributed by atoms with Crippen LogP contribution in [-0.2, 0) is 33.2 Å². The number of hydrogen-bond donors (Lipinski definition) is 12. The number of ether oxygens (including phenoxy) is 6. The fourth-order valence-corrected chi connectivity index (χ4v) is 14.7. The van der Waals surface area contributed by atoms with E-state index in [1.54, 1.807) is 6.08 Å². The number of amides is 1. The molecular formula is C83H157NO18. The van der Waals surface area contributed by atoms with Crippen molar-refractivity contribution in [3.05, 3.63) is 24.3 Å². The Bertz CT molecular complexity index is 1940. The summed E-state index contributed by atoms with van der Waals surface area (Å²) in [7, 11) is 0. The maximum absolute atomic E-state index is 13.5. The minimum atomic E-state index is -1.98. The lowest BCUT2D eigenvalue weighted by Gasteiger charge is -2.48. The second-order valence-corrected chi connectivity index (χ2v) is 30.6. The highest BCUT2D eigenvalue weighted by molar-refractivity contribution is 5.76. The van der Waals surface area contributed by atoms with E-state index in [-0.39, 0.29) is 18.9 Å². The van der Waals surface area contributed by atoms with Gasteiger partial charge in [-0.25, -0.2) is 0 Å². The summed E-state index contributed by atoms with van der Waals surface area (Å²) in [4.78, 5) is 13.5. The number of rotatable bonds is 69. The second kappa shape index (κ2) is 64.1. The fraction of sp³-hybridized carbons (Fsp3) is 0.940.